The summed E-state index contributed by atoms with van der Waals surface area (Å²) in [5.74, 6) is 0. The monoisotopic (exact) mass is 244 g/mol. The third kappa shape index (κ3) is 4.52. The molecule has 0 bridgehead atoms. The average molecular weight is 244 g/mol. The lowest BCUT2D eigenvalue weighted by atomic mass is 10.1. The van der Waals surface area contributed by atoms with Gasteiger partial charge in [-0.1, -0.05) is 36.5 Å². The van der Waals surface area contributed by atoms with Crippen LogP contribution in [-0.2, 0) is 0 Å². The quantitative estimate of drug-likeness (QED) is 0.635. The van der Waals surface area contributed by atoms with E-state index in [0.717, 1.165) is 19.4 Å². The van der Waals surface area contributed by atoms with Gasteiger partial charge in [0.1, 0.15) is 0 Å². The fourth-order valence-electron chi connectivity index (χ4n) is 2.32. The zero-order chi connectivity index (χ0) is 12.5. The highest BCUT2D eigenvalue weighted by molar-refractivity contribution is 5.56. The molecule has 2 rings (SSSR count). The van der Waals surface area contributed by atoms with Crippen molar-refractivity contribution >= 4 is 6.21 Å². The Kier molecular flexibility index (Phi) is 5.77. The van der Waals surface area contributed by atoms with Crippen LogP contribution in [0.25, 0.3) is 0 Å². The lowest BCUT2D eigenvalue weighted by Crippen LogP contribution is -2.29. The summed E-state index contributed by atoms with van der Waals surface area (Å²) in [5, 5.41) is 6.86. The third-order valence-corrected chi connectivity index (χ3v) is 3.42. The minimum Gasteiger partial charge on any atom is -0.286 e. The molecule has 2 aliphatic rings. The van der Waals surface area contributed by atoms with Crippen molar-refractivity contribution in [2.75, 3.05) is 6.54 Å². The topological polar surface area (TPSA) is 15.6 Å². The highest BCUT2D eigenvalue weighted by atomic mass is 15.5. The summed E-state index contributed by atoms with van der Waals surface area (Å²) in [6, 6.07) is 0.415. The molecule has 0 saturated carbocycles. The second-order valence-electron chi connectivity index (χ2n) is 4.96. The van der Waals surface area contributed by atoms with Gasteiger partial charge < -0.3 is 0 Å². The summed E-state index contributed by atoms with van der Waals surface area (Å²) in [6.45, 7) is 0.930. The van der Waals surface area contributed by atoms with Gasteiger partial charge in [-0.2, -0.15) is 5.10 Å². The molecule has 0 radical (unpaired) electrons. The van der Waals surface area contributed by atoms with Crippen molar-refractivity contribution in [1.29, 1.82) is 0 Å². The van der Waals surface area contributed by atoms with Crippen molar-refractivity contribution in [3.05, 3.63) is 36.5 Å². The standard InChI is InChI=1S/C16H24N2/c1-2-5-9-13-16(12-8-4-1)18-15-11-7-3-6-10-14-17-18/h4,7-9,11,13-14,16H,1-3,5-6,10,12,15H2. The Morgan fingerprint density at radius 1 is 0.833 bits per heavy atom. The van der Waals surface area contributed by atoms with Crippen LogP contribution in [0.1, 0.15) is 44.9 Å². The normalized spacial score (nSPS) is 25.8. The lowest BCUT2D eigenvalue weighted by Gasteiger charge is -2.25. The summed E-state index contributed by atoms with van der Waals surface area (Å²) in [4.78, 5) is 0. The minimum absolute atomic E-state index is 0.415. The first kappa shape index (κ1) is 13.1. The summed E-state index contributed by atoms with van der Waals surface area (Å²) in [7, 11) is 0. The largest absolute Gasteiger partial charge is 0.286 e. The van der Waals surface area contributed by atoms with E-state index in [1.54, 1.807) is 0 Å². The lowest BCUT2D eigenvalue weighted by molar-refractivity contribution is 0.268. The van der Waals surface area contributed by atoms with Crippen molar-refractivity contribution in [2.24, 2.45) is 5.10 Å². The molecular weight excluding hydrogens is 220 g/mol. The molecule has 0 aromatic rings. The molecule has 98 valence electrons. The molecule has 18 heavy (non-hydrogen) atoms. The van der Waals surface area contributed by atoms with Gasteiger partial charge in [0.2, 0.25) is 0 Å². The summed E-state index contributed by atoms with van der Waals surface area (Å²) < 4.78 is 0. The third-order valence-electron chi connectivity index (χ3n) is 3.42. The van der Waals surface area contributed by atoms with Crippen LogP contribution in [-0.4, -0.2) is 23.8 Å². The molecule has 1 atom stereocenters. The Morgan fingerprint density at radius 3 is 2.56 bits per heavy atom. The minimum atomic E-state index is 0.415. The van der Waals surface area contributed by atoms with E-state index in [0.29, 0.717) is 6.04 Å². The maximum atomic E-state index is 4.64. The second kappa shape index (κ2) is 7.91. The molecule has 0 fully saturated rings. The van der Waals surface area contributed by atoms with Crippen molar-refractivity contribution in [2.45, 2.75) is 51.0 Å². The predicted molar refractivity (Wildman–Crippen MR) is 78.7 cm³/mol. The van der Waals surface area contributed by atoms with Crippen LogP contribution in [0.5, 0.6) is 0 Å². The van der Waals surface area contributed by atoms with Crippen LogP contribution in [0.4, 0.5) is 0 Å². The summed E-state index contributed by atoms with van der Waals surface area (Å²) in [5.41, 5.74) is 0. The van der Waals surface area contributed by atoms with Gasteiger partial charge in [-0.3, -0.25) is 5.01 Å². The van der Waals surface area contributed by atoms with Crippen LogP contribution in [0.2, 0.25) is 0 Å². The Morgan fingerprint density at radius 2 is 1.61 bits per heavy atom. The first-order valence-corrected chi connectivity index (χ1v) is 7.22. The zero-order valence-corrected chi connectivity index (χ0v) is 11.2. The number of hydrogen-bond acceptors (Lipinski definition) is 2. The molecule has 0 spiro atoms. The summed E-state index contributed by atoms with van der Waals surface area (Å²) in [6.07, 6.45) is 24.1. The van der Waals surface area contributed by atoms with Crippen LogP contribution in [0.15, 0.2) is 41.6 Å². The first-order chi connectivity index (χ1) is 8.97. The van der Waals surface area contributed by atoms with E-state index < -0.39 is 0 Å². The highest BCUT2D eigenvalue weighted by Gasteiger charge is 2.11. The predicted octanol–water partition coefficient (Wildman–Crippen LogP) is 4.07. The van der Waals surface area contributed by atoms with Gasteiger partial charge >= 0.3 is 0 Å². The molecular formula is C16H24N2. The van der Waals surface area contributed by atoms with E-state index in [1.807, 2.05) is 0 Å². The Balaban J connectivity index is 2.04. The second-order valence-corrected chi connectivity index (χ2v) is 4.96. The van der Waals surface area contributed by atoms with Crippen molar-refractivity contribution in [3.63, 3.8) is 0 Å². The van der Waals surface area contributed by atoms with Gasteiger partial charge in [-0.15, -0.1) is 0 Å². The molecule has 2 heteroatoms. The maximum Gasteiger partial charge on any atom is 0.0688 e. The smallest absolute Gasteiger partial charge is 0.0688 e. The molecule has 0 saturated heterocycles. The Hall–Kier alpha value is -1.31. The van der Waals surface area contributed by atoms with E-state index in [4.69, 9.17) is 0 Å². The molecule has 2 nitrogen and oxygen atoms in total. The fraction of sp³-hybridized carbons (Fsp3) is 0.562. The maximum absolute atomic E-state index is 4.64. The van der Waals surface area contributed by atoms with Gasteiger partial charge in [-0.25, -0.2) is 0 Å². The van der Waals surface area contributed by atoms with Gasteiger partial charge in [0.15, 0.2) is 0 Å². The van der Waals surface area contributed by atoms with Gasteiger partial charge in [0.05, 0.1) is 12.6 Å². The molecule has 1 unspecified atom stereocenters. The van der Waals surface area contributed by atoms with Crippen LogP contribution >= 0.6 is 0 Å². The number of hydrazone groups is 1. The molecule has 0 aromatic carbocycles. The van der Waals surface area contributed by atoms with Crippen LogP contribution < -0.4 is 0 Å². The van der Waals surface area contributed by atoms with Gasteiger partial charge in [-0.05, 0) is 44.9 Å². The number of rotatable bonds is 1. The molecule has 0 aromatic heterocycles. The highest BCUT2D eigenvalue weighted by Crippen LogP contribution is 2.13. The molecule has 0 amide bonds. The van der Waals surface area contributed by atoms with Gasteiger partial charge in [0.25, 0.3) is 0 Å². The fourth-order valence-corrected chi connectivity index (χ4v) is 2.32. The van der Waals surface area contributed by atoms with E-state index in [2.05, 4.69) is 52.8 Å². The molecule has 0 N–H and O–H groups in total. The molecule has 1 aliphatic carbocycles. The SMILES string of the molecule is C1=CCC(N2CC=CCCCC=N2)C=CCCC1. The average Bonchev–Trinajstić information content (AvgIpc) is 2.61. The molecule has 1 aliphatic heterocycles. The van der Waals surface area contributed by atoms with Crippen LogP contribution in [0.3, 0.4) is 0 Å². The Labute approximate surface area is 111 Å². The van der Waals surface area contributed by atoms with E-state index >= 15 is 0 Å². The number of allylic oxidation sites excluding steroid dienone is 3. The van der Waals surface area contributed by atoms with E-state index in [-0.39, 0.29) is 0 Å². The van der Waals surface area contributed by atoms with Crippen molar-refractivity contribution in [3.8, 4) is 0 Å². The van der Waals surface area contributed by atoms with Crippen molar-refractivity contribution in [1.82, 2.24) is 5.01 Å². The number of hydrogen-bond donors (Lipinski definition) is 0. The van der Waals surface area contributed by atoms with E-state index in [9.17, 15) is 0 Å². The number of nitrogens with zero attached hydrogens (tertiary/aromatic N) is 2. The van der Waals surface area contributed by atoms with E-state index in [1.165, 1.54) is 32.1 Å². The zero-order valence-electron chi connectivity index (χ0n) is 11.2. The van der Waals surface area contributed by atoms with Gasteiger partial charge in [0, 0.05) is 6.21 Å². The summed E-state index contributed by atoms with van der Waals surface area (Å²) >= 11 is 0. The first-order valence-electron chi connectivity index (χ1n) is 7.22. The van der Waals surface area contributed by atoms with Crippen LogP contribution in [0, 0.1) is 0 Å². The van der Waals surface area contributed by atoms with Crippen molar-refractivity contribution < 1.29 is 0 Å². The Bertz CT molecular complexity index is 305. The molecule has 1 heterocycles.